The van der Waals surface area contributed by atoms with Gasteiger partial charge in [0.2, 0.25) is 5.91 Å². The number of hydrogen-bond acceptors (Lipinski definition) is 2. The summed E-state index contributed by atoms with van der Waals surface area (Å²) in [6.07, 6.45) is 0.472. The second-order valence-electron chi connectivity index (χ2n) is 3.37. The van der Waals surface area contributed by atoms with Crippen molar-refractivity contribution in [3.63, 3.8) is 0 Å². The van der Waals surface area contributed by atoms with Crippen molar-refractivity contribution in [2.24, 2.45) is 5.92 Å². The van der Waals surface area contributed by atoms with E-state index >= 15 is 0 Å². The Balaban J connectivity index is 4.07. The van der Waals surface area contributed by atoms with E-state index in [0.29, 0.717) is 6.42 Å². The van der Waals surface area contributed by atoms with Gasteiger partial charge in [0.25, 0.3) is 0 Å². The van der Waals surface area contributed by atoms with Gasteiger partial charge in [-0.1, -0.05) is 6.92 Å². The van der Waals surface area contributed by atoms with Gasteiger partial charge in [0, 0.05) is 12.0 Å². The van der Waals surface area contributed by atoms with E-state index < -0.39 is 11.9 Å². The first kappa shape index (κ1) is 11.9. The molecule has 76 valence electrons. The number of carboxylic acids is 1. The van der Waals surface area contributed by atoms with E-state index in [-0.39, 0.29) is 18.4 Å². The molecule has 1 amide bonds. The molecule has 0 aromatic carbocycles. The van der Waals surface area contributed by atoms with Crippen molar-refractivity contribution < 1.29 is 14.7 Å². The third-order valence-corrected chi connectivity index (χ3v) is 1.72. The second kappa shape index (κ2) is 5.56. The van der Waals surface area contributed by atoms with Gasteiger partial charge in [0.1, 0.15) is 0 Å². The molecule has 1 atom stereocenters. The third kappa shape index (κ3) is 5.22. The monoisotopic (exact) mass is 187 g/mol. The van der Waals surface area contributed by atoms with Crippen LogP contribution in [0.2, 0.25) is 0 Å². The molecule has 0 aliphatic carbocycles. The molecule has 1 unspecified atom stereocenters. The second-order valence-corrected chi connectivity index (χ2v) is 3.37. The highest BCUT2D eigenvalue weighted by Gasteiger charge is 2.19. The highest BCUT2D eigenvalue weighted by molar-refractivity contribution is 5.83. The van der Waals surface area contributed by atoms with Crippen molar-refractivity contribution in [3.8, 4) is 0 Å². The maximum absolute atomic E-state index is 11.3. The van der Waals surface area contributed by atoms with Crippen LogP contribution >= 0.6 is 0 Å². The van der Waals surface area contributed by atoms with Gasteiger partial charge < -0.3 is 10.4 Å². The highest BCUT2D eigenvalue weighted by Crippen LogP contribution is 2.08. The van der Waals surface area contributed by atoms with E-state index in [4.69, 9.17) is 5.11 Å². The highest BCUT2D eigenvalue weighted by atomic mass is 16.4. The molecule has 0 aromatic rings. The van der Waals surface area contributed by atoms with E-state index in [9.17, 15) is 9.59 Å². The van der Waals surface area contributed by atoms with E-state index in [2.05, 4.69) is 5.32 Å². The molecule has 13 heavy (non-hydrogen) atoms. The Morgan fingerprint density at radius 2 is 1.92 bits per heavy atom. The number of carbonyl (C=O) groups excluding carboxylic acids is 1. The van der Waals surface area contributed by atoms with E-state index in [1.807, 2.05) is 20.8 Å². The molecule has 0 saturated carbocycles. The summed E-state index contributed by atoms with van der Waals surface area (Å²) in [5, 5.41) is 11.2. The molecule has 0 bridgehead atoms. The molecule has 0 radical (unpaired) electrons. The van der Waals surface area contributed by atoms with Crippen LogP contribution in [0, 0.1) is 5.92 Å². The van der Waals surface area contributed by atoms with Crippen LogP contribution in [0.4, 0.5) is 0 Å². The van der Waals surface area contributed by atoms with Crippen LogP contribution < -0.4 is 5.32 Å². The molecule has 4 nitrogen and oxygen atoms in total. The molecule has 0 fully saturated rings. The zero-order chi connectivity index (χ0) is 10.4. The number of hydrogen-bond donors (Lipinski definition) is 2. The minimum absolute atomic E-state index is 0.0651. The number of carbonyl (C=O) groups is 2. The van der Waals surface area contributed by atoms with Crippen LogP contribution in [0.3, 0.4) is 0 Å². The normalized spacial score (nSPS) is 12.6. The van der Waals surface area contributed by atoms with Gasteiger partial charge in [-0.3, -0.25) is 9.59 Å². The first-order chi connectivity index (χ1) is 5.97. The summed E-state index contributed by atoms with van der Waals surface area (Å²) >= 11 is 0. The fourth-order valence-corrected chi connectivity index (χ4v) is 1.04. The number of carboxylic acid groups (broad SMARTS) is 1. The van der Waals surface area contributed by atoms with Gasteiger partial charge in [-0.05, 0) is 20.3 Å². The Bertz CT molecular complexity index is 189. The Hall–Kier alpha value is -1.06. The average molecular weight is 187 g/mol. The Kier molecular flexibility index (Phi) is 5.11. The Labute approximate surface area is 78.3 Å². The quantitative estimate of drug-likeness (QED) is 0.675. The van der Waals surface area contributed by atoms with E-state index in [1.165, 1.54) is 0 Å². The summed E-state index contributed by atoms with van der Waals surface area (Å²) in [6, 6.07) is 0.0651. The van der Waals surface area contributed by atoms with Crippen molar-refractivity contribution in [1.82, 2.24) is 5.32 Å². The Morgan fingerprint density at radius 3 is 2.23 bits per heavy atom. The summed E-state index contributed by atoms with van der Waals surface area (Å²) in [6.45, 7) is 5.52. The molecule has 0 aliphatic heterocycles. The molecule has 0 aliphatic rings. The van der Waals surface area contributed by atoms with Crippen molar-refractivity contribution in [2.75, 3.05) is 0 Å². The molecular formula is C9H17NO3. The topological polar surface area (TPSA) is 66.4 Å². The maximum Gasteiger partial charge on any atom is 0.304 e. The molecule has 2 N–H and O–H groups in total. The zero-order valence-electron chi connectivity index (χ0n) is 8.33. The first-order valence-corrected chi connectivity index (χ1v) is 4.49. The standard InChI is InChI=1S/C9H17NO3/c1-4-7(5-8(11)12)9(13)10-6(2)3/h6-7H,4-5H2,1-3H3,(H,10,13)(H,11,12). The minimum Gasteiger partial charge on any atom is -0.481 e. The number of aliphatic carboxylic acids is 1. The Morgan fingerprint density at radius 1 is 1.38 bits per heavy atom. The molecule has 4 heteroatoms. The van der Waals surface area contributed by atoms with Crippen LogP contribution in [0.1, 0.15) is 33.6 Å². The van der Waals surface area contributed by atoms with Crippen molar-refractivity contribution in [2.45, 2.75) is 39.7 Å². The maximum atomic E-state index is 11.3. The molecule has 0 heterocycles. The lowest BCUT2D eigenvalue weighted by Gasteiger charge is -2.14. The first-order valence-electron chi connectivity index (χ1n) is 4.49. The lowest BCUT2D eigenvalue weighted by Crippen LogP contribution is -2.36. The fourth-order valence-electron chi connectivity index (χ4n) is 1.04. The summed E-state index contributed by atoms with van der Waals surface area (Å²) in [5.74, 6) is -1.49. The smallest absolute Gasteiger partial charge is 0.304 e. The van der Waals surface area contributed by atoms with Gasteiger partial charge in [-0.25, -0.2) is 0 Å². The van der Waals surface area contributed by atoms with Crippen molar-refractivity contribution >= 4 is 11.9 Å². The van der Waals surface area contributed by atoms with Crippen LogP contribution in [-0.2, 0) is 9.59 Å². The van der Waals surface area contributed by atoms with Gasteiger partial charge in [-0.2, -0.15) is 0 Å². The van der Waals surface area contributed by atoms with E-state index in [1.54, 1.807) is 0 Å². The number of nitrogens with one attached hydrogen (secondary N) is 1. The lowest BCUT2D eigenvalue weighted by molar-refractivity contribution is -0.141. The van der Waals surface area contributed by atoms with Crippen molar-refractivity contribution in [1.29, 1.82) is 0 Å². The van der Waals surface area contributed by atoms with Gasteiger partial charge in [0.15, 0.2) is 0 Å². The van der Waals surface area contributed by atoms with Crippen LogP contribution in [0.25, 0.3) is 0 Å². The molecule has 0 saturated heterocycles. The molecule has 0 rings (SSSR count). The summed E-state index contributed by atoms with van der Waals surface area (Å²) in [4.78, 5) is 21.7. The van der Waals surface area contributed by atoms with Crippen LogP contribution in [0.5, 0.6) is 0 Å². The largest absolute Gasteiger partial charge is 0.481 e. The van der Waals surface area contributed by atoms with Crippen molar-refractivity contribution in [3.05, 3.63) is 0 Å². The van der Waals surface area contributed by atoms with E-state index in [0.717, 1.165) is 0 Å². The number of rotatable bonds is 5. The molecular weight excluding hydrogens is 170 g/mol. The summed E-state index contributed by atoms with van der Waals surface area (Å²) < 4.78 is 0. The van der Waals surface area contributed by atoms with Crippen LogP contribution in [-0.4, -0.2) is 23.0 Å². The minimum atomic E-state index is -0.925. The van der Waals surface area contributed by atoms with Crippen LogP contribution in [0.15, 0.2) is 0 Å². The number of amides is 1. The predicted molar refractivity (Wildman–Crippen MR) is 49.3 cm³/mol. The molecule has 0 aromatic heterocycles. The van der Waals surface area contributed by atoms with Gasteiger partial charge >= 0.3 is 5.97 Å². The third-order valence-electron chi connectivity index (χ3n) is 1.72. The van der Waals surface area contributed by atoms with Gasteiger partial charge in [-0.15, -0.1) is 0 Å². The fraction of sp³-hybridized carbons (Fsp3) is 0.778. The average Bonchev–Trinajstić information content (AvgIpc) is 1.98. The SMILES string of the molecule is CCC(CC(=O)O)C(=O)NC(C)C. The molecule has 0 spiro atoms. The predicted octanol–water partition coefficient (Wildman–Crippen LogP) is 1.01. The summed E-state index contributed by atoms with van der Waals surface area (Å²) in [7, 11) is 0. The summed E-state index contributed by atoms with van der Waals surface area (Å²) in [5.41, 5.74) is 0. The zero-order valence-corrected chi connectivity index (χ0v) is 8.33. The lowest BCUT2D eigenvalue weighted by atomic mass is 10.0. The van der Waals surface area contributed by atoms with Gasteiger partial charge in [0.05, 0.1) is 6.42 Å².